The van der Waals surface area contributed by atoms with Gasteiger partial charge in [0.05, 0.1) is 19.5 Å². The van der Waals surface area contributed by atoms with Crippen molar-refractivity contribution in [3.8, 4) is 0 Å². The van der Waals surface area contributed by atoms with Gasteiger partial charge in [0.1, 0.15) is 16.9 Å². The van der Waals surface area contributed by atoms with Crippen LogP contribution in [0, 0.1) is 0 Å². The number of thioether (sulfide) groups is 1. The maximum absolute atomic E-state index is 8.91. The summed E-state index contributed by atoms with van der Waals surface area (Å²) in [4.78, 5) is 13.0. The standard InChI is InChI=1S/C14H14N4OS/c19-6-7-20-14-12-13(15-9-16-14)18(10-17-12)8-11-4-2-1-3-5-11/h1-5,9-10,19H,6-8H2. The molecule has 0 aliphatic rings. The van der Waals surface area contributed by atoms with Crippen molar-refractivity contribution >= 4 is 22.9 Å². The molecule has 2 heterocycles. The largest absolute Gasteiger partial charge is 0.396 e. The predicted molar refractivity (Wildman–Crippen MR) is 78.7 cm³/mol. The van der Waals surface area contributed by atoms with E-state index in [9.17, 15) is 0 Å². The zero-order valence-corrected chi connectivity index (χ0v) is 11.6. The molecule has 5 nitrogen and oxygen atoms in total. The molecule has 0 bridgehead atoms. The van der Waals surface area contributed by atoms with Crippen molar-refractivity contribution in [1.82, 2.24) is 19.5 Å². The smallest absolute Gasteiger partial charge is 0.164 e. The van der Waals surface area contributed by atoms with Crippen molar-refractivity contribution in [2.75, 3.05) is 12.4 Å². The van der Waals surface area contributed by atoms with E-state index in [1.54, 1.807) is 12.7 Å². The lowest BCUT2D eigenvalue weighted by molar-refractivity contribution is 0.322. The number of rotatable bonds is 5. The first-order chi connectivity index (χ1) is 9.88. The van der Waals surface area contributed by atoms with Gasteiger partial charge in [-0.15, -0.1) is 11.8 Å². The Morgan fingerprint density at radius 2 is 1.95 bits per heavy atom. The van der Waals surface area contributed by atoms with E-state index in [-0.39, 0.29) is 6.61 Å². The number of nitrogens with zero attached hydrogens (tertiary/aromatic N) is 4. The Bertz CT molecular complexity index is 699. The van der Waals surface area contributed by atoms with Crippen LogP contribution >= 0.6 is 11.8 Å². The normalized spacial score (nSPS) is 11.1. The molecule has 0 radical (unpaired) electrons. The molecule has 0 atom stereocenters. The van der Waals surface area contributed by atoms with Crippen LogP contribution in [0.25, 0.3) is 11.2 Å². The lowest BCUT2D eigenvalue weighted by atomic mass is 10.2. The van der Waals surface area contributed by atoms with E-state index < -0.39 is 0 Å². The van der Waals surface area contributed by atoms with Crippen molar-refractivity contribution in [3.05, 3.63) is 48.5 Å². The Balaban J connectivity index is 1.93. The van der Waals surface area contributed by atoms with Gasteiger partial charge in [-0.25, -0.2) is 15.0 Å². The van der Waals surface area contributed by atoms with E-state index in [1.165, 1.54) is 17.3 Å². The number of aliphatic hydroxyl groups is 1. The molecule has 2 aromatic heterocycles. The first-order valence-corrected chi connectivity index (χ1v) is 7.30. The van der Waals surface area contributed by atoms with Gasteiger partial charge in [0.25, 0.3) is 0 Å². The van der Waals surface area contributed by atoms with Crippen LogP contribution < -0.4 is 0 Å². The van der Waals surface area contributed by atoms with E-state index in [2.05, 4.69) is 27.1 Å². The Labute approximate surface area is 120 Å². The summed E-state index contributed by atoms with van der Waals surface area (Å²) in [7, 11) is 0. The van der Waals surface area contributed by atoms with Crippen LogP contribution in [-0.4, -0.2) is 37.0 Å². The Morgan fingerprint density at radius 3 is 2.75 bits per heavy atom. The third-order valence-electron chi connectivity index (χ3n) is 2.89. The average Bonchev–Trinajstić information content (AvgIpc) is 2.90. The minimum atomic E-state index is 0.126. The number of hydrogen-bond donors (Lipinski definition) is 1. The molecule has 1 N–H and O–H groups in total. The van der Waals surface area contributed by atoms with Crippen molar-refractivity contribution in [2.24, 2.45) is 0 Å². The summed E-state index contributed by atoms with van der Waals surface area (Å²) in [6.07, 6.45) is 3.33. The molecular formula is C14H14N4OS. The second-order valence-corrected chi connectivity index (χ2v) is 5.36. The van der Waals surface area contributed by atoms with Crippen molar-refractivity contribution < 1.29 is 5.11 Å². The van der Waals surface area contributed by atoms with Crippen molar-refractivity contribution in [2.45, 2.75) is 11.6 Å². The molecule has 1 aromatic carbocycles. The van der Waals surface area contributed by atoms with Crippen LogP contribution in [0.3, 0.4) is 0 Å². The van der Waals surface area contributed by atoms with Crippen LogP contribution in [0.1, 0.15) is 5.56 Å². The van der Waals surface area contributed by atoms with Gasteiger partial charge in [0.2, 0.25) is 0 Å². The molecule has 0 aliphatic carbocycles. The molecule has 3 rings (SSSR count). The molecular weight excluding hydrogens is 272 g/mol. The zero-order chi connectivity index (χ0) is 13.8. The SMILES string of the molecule is OCCSc1ncnc2c1ncn2Cc1ccccc1. The molecule has 102 valence electrons. The third kappa shape index (κ3) is 2.66. The molecule has 0 spiro atoms. The monoisotopic (exact) mass is 286 g/mol. The van der Waals surface area contributed by atoms with Gasteiger partial charge in [0, 0.05) is 5.75 Å². The fourth-order valence-corrected chi connectivity index (χ4v) is 2.69. The van der Waals surface area contributed by atoms with Crippen LogP contribution in [-0.2, 0) is 6.54 Å². The minimum Gasteiger partial charge on any atom is -0.396 e. The van der Waals surface area contributed by atoms with Gasteiger partial charge < -0.3 is 9.67 Å². The molecule has 0 saturated carbocycles. The number of aromatic nitrogens is 4. The first kappa shape index (κ1) is 13.1. The van der Waals surface area contributed by atoms with E-state index in [1.807, 2.05) is 22.8 Å². The van der Waals surface area contributed by atoms with E-state index >= 15 is 0 Å². The molecule has 3 aromatic rings. The highest BCUT2D eigenvalue weighted by molar-refractivity contribution is 7.99. The fraction of sp³-hybridized carbons (Fsp3) is 0.214. The van der Waals surface area contributed by atoms with E-state index in [0.717, 1.165) is 22.7 Å². The molecule has 0 amide bonds. The van der Waals surface area contributed by atoms with Gasteiger partial charge in [-0.1, -0.05) is 30.3 Å². The Hall–Kier alpha value is -1.92. The lowest BCUT2D eigenvalue weighted by Crippen LogP contribution is -1.99. The molecule has 20 heavy (non-hydrogen) atoms. The Morgan fingerprint density at radius 1 is 1.10 bits per heavy atom. The quantitative estimate of drug-likeness (QED) is 0.574. The highest BCUT2D eigenvalue weighted by atomic mass is 32.2. The van der Waals surface area contributed by atoms with Crippen LogP contribution in [0.4, 0.5) is 0 Å². The lowest BCUT2D eigenvalue weighted by Gasteiger charge is -2.04. The van der Waals surface area contributed by atoms with Gasteiger partial charge in [-0.05, 0) is 5.56 Å². The Kier molecular flexibility index (Phi) is 3.94. The maximum Gasteiger partial charge on any atom is 0.164 e. The summed E-state index contributed by atoms with van der Waals surface area (Å²) < 4.78 is 2.01. The summed E-state index contributed by atoms with van der Waals surface area (Å²) in [5, 5.41) is 9.73. The summed E-state index contributed by atoms with van der Waals surface area (Å²) in [6, 6.07) is 10.2. The highest BCUT2D eigenvalue weighted by Crippen LogP contribution is 2.23. The molecule has 0 unspecified atom stereocenters. The van der Waals surface area contributed by atoms with Crippen LogP contribution in [0.5, 0.6) is 0 Å². The minimum absolute atomic E-state index is 0.126. The fourth-order valence-electron chi connectivity index (χ4n) is 2.00. The van der Waals surface area contributed by atoms with Gasteiger partial charge in [-0.2, -0.15) is 0 Å². The van der Waals surface area contributed by atoms with E-state index in [0.29, 0.717) is 5.75 Å². The maximum atomic E-state index is 8.91. The third-order valence-corrected chi connectivity index (χ3v) is 3.85. The summed E-state index contributed by atoms with van der Waals surface area (Å²) >= 11 is 1.49. The van der Waals surface area contributed by atoms with Gasteiger partial charge in [0.15, 0.2) is 5.65 Å². The molecule has 0 aliphatic heterocycles. The topological polar surface area (TPSA) is 63.8 Å². The van der Waals surface area contributed by atoms with Crippen molar-refractivity contribution in [1.29, 1.82) is 0 Å². The first-order valence-electron chi connectivity index (χ1n) is 6.32. The van der Waals surface area contributed by atoms with Crippen molar-refractivity contribution in [3.63, 3.8) is 0 Å². The summed E-state index contributed by atoms with van der Waals surface area (Å²) in [5.74, 6) is 0.609. The zero-order valence-electron chi connectivity index (χ0n) is 10.8. The predicted octanol–water partition coefficient (Wildman–Crippen LogP) is 1.96. The number of benzene rings is 1. The number of hydrogen-bond acceptors (Lipinski definition) is 5. The number of imidazole rings is 1. The van der Waals surface area contributed by atoms with Gasteiger partial charge in [-0.3, -0.25) is 0 Å². The summed E-state index contributed by atoms with van der Waals surface area (Å²) in [6.45, 7) is 0.860. The van der Waals surface area contributed by atoms with Crippen LogP contribution in [0.2, 0.25) is 0 Å². The second-order valence-electron chi connectivity index (χ2n) is 4.28. The highest BCUT2D eigenvalue weighted by Gasteiger charge is 2.10. The second kappa shape index (κ2) is 6.02. The number of aliphatic hydroxyl groups excluding tert-OH is 1. The average molecular weight is 286 g/mol. The molecule has 0 saturated heterocycles. The molecule has 6 heteroatoms. The number of fused-ring (bicyclic) bond motifs is 1. The summed E-state index contributed by atoms with van der Waals surface area (Å²) in [5.41, 5.74) is 2.82. The van der Waals surface area contributed by atoms with Crippen LogP contribution in [0.15, 0.2) is 48.0 Å². The van der Waals surface area contributed by atoms with Gasteiger partial charge >= 0.3 is 0 Å². The molecule has 0 fully saturated rings. The van der Waals surface area contributed by atoms with E-state index in [4.69, 9.17) is 5.11 Å².